The molecule has 1 saturated heterocycles. The van der Waals surface area contributed by atoms with Crippen LogP contribution in [-0.4, -0.2) is 19.5 Å². The van der Waals surface area contributed by atoms with E-state index in [1.54, 1.807) is 11.3 Å². The largest absolute Gasteiger partial charge is 0.381 e. The van der Waals surface area contributed by atoms with Gasteiger partial charge in [0.15, 0.2) is 6.29 Å². The van der Waals surface area contributed by atoms with Gasteiger partial charge in [-0.1, -0.05) is 91.0 Å². The van der Waals surface area contributed by atoms with Crippen molar-refractivity contribution in [2.45, 2.75) is 12.8 Å². The SMILES string of the molecule is C1CCOC1.O=Cc1ccccc1-c1c(-c2ccc(N(c3ccccc3)c3ccccc3)cc2)sc2ccccc12. The molecule has 1 aliphatic heterocycles. The van der Waals surface area contributed by atoms with Gasteiger partial charge in [0.05, 0.1) is 0 Å². The Morgan fingerprint density at radius 2 is 1.17 bits per heavy atom. The van der Waals surface area contributed by atoms with Gasteiger partial charge in [-0.25, -0.2) is 0 Å². The van der Waals surface area contributed by atoms with Crippen molar-refractivity contribution in [3.63, 3.8) is 0 Å². The number of para-hydroxylation sites is 2. The fraction of sp³-hybridized carbons (Fsp3) is 0.108. The van der Waals surface area contributed by atoms with Gasteiger partial charge in [0.25, 0.3) is 0 Å². The van der Waals surface area contributed by atoms with Crippen LogP contribution >= 0.6 is 11.3 Å². The van der Waals surface area contributed by atoms with Crippen LogP contribution in [0, 0.1) is 0 Å². The van der Waals surface area contributed by atoms with Gasteiger partial charge in [-0.05, 0) is 66.4 Å². The van der Waals surface area contributed by atoms with Crippen molar-refractivity contribution in [3.8, 4) is 21.6 Å². The normalized spacial score (nSPS) is 12.5. The maximum Gasteiger partial charge on any atom is 0.150 e. The number of benzene rings is 5. The maximum absolute atomic E-state index is 11.9. The van der Waals surface area contributed by atoms with Crippen molar-refractivity contribution in [2.24, 2.45) is 0 Å². The van der Waals surface area contributed by atoms with Crippen molar-refractivity contribution in [1.82, 2.24) is 0 Å². The highest BCUT2D eigenvalue weighted by atomic mass is 32.1. The predicted octanol–water partition coefficient (Wildman–Crippen LogP) is 10.3. The molecule has 1 fully saturated rings. The Bertz CT molecular complexity index is 1680. The minimum atomic E-state index is 0.707. The lowest BCUT2D eigenvalue weighted by Crippen LogP contribution is -2.09. The van der Waals surface area contributed by atoms with Crippen LogP contribution in [0.25, 0.3) is 31.7 Å². The highest BCUT2D eigenvalue weighted by Crippen LogP contribution is 2.46. The molecule has 0 N–H and O–H groups in total. The lowest BCUT2D eigenvalue weighted by atomic mass is 9.95. The molecule has 202 valence electrons. The monoisotopic (exact) mass is 553 g/mol. The number of carbonyl (C=O) groups is 1. The van der Waals surface area contributed by atoms with Crippen LogP contribution in [0.3, 0.4) is 0 Å². The lowest BCUT2D eigenvalue weighted by Gasteiger charge is -2.25. The maximum atomic E-state index is 11.9. The van der Waals surface area contributed by atoms with Crippen LogP contribution in [0.1, 0.15) is 23.2 Å². The molecule has 4 heteroatoms. The quantitative estimate of drug-likeness (QED) is 0.192. The molecule has 1 aliphatic rings. The van der Waals surface area contributed by atoms with Gasteiger partial charge < -0.3 is 9.64 Å². The molecule has 6 aromatic rings. The molecular weight excluding hydrogens is 522 g/mol. The minimum Gasteiger partial charge on any atom is -0.381 e. The third kappa shape index (κ3) is 5.85. The Balaban J connectivity index is 0.000000548. The van der Waals surface area contributed by atoms with E-state index >= 15 is 0 Å². The molecule has 5 aromatic carbocycles. The first-order valence-electron chi connectivity index (χ1n) is 14.0. The summed E-state index contributed by atoms with van der Waals surface area (Å²) >= 11 is 1.77. The molecule has 0 aliphatic carbocycles. The van der Waals surface area contributed by atoms with Crippen molar-refractivity contribution < 1.29 is 9.53 Å². The van der Waals surface area contributed by atoms with Crippen LogP contribution in [0.4, 0.5) is 17.1 Å². The van der Waals surface area contributed by atoms with E-state index in [1.165, 1.54) is 27.8 Å². The van der Waals surface area contributed by atoms with Gasteiger partial charge in [-0.15, -0.1) is 11.3 Å². The first kappa shape index (κ1) is 26.7. The van der Waals surface area contributed by atoms with Crippen LogP contribution in [-0.2, 0) is 4.74 Å². The molecule has 3 nitrogen and oxygen atoms in total. The smallest absolute Gasteiger partial charge is 0.150 e. The summed E-state index contributed by atoms with van der Waals surface area (Å²) in [6, 6.07) is 45.8. The fourth-order valence-electron chi connectivity index (χ4n) is 5.22. The van der Waals surface area contributed by atoms with Gasteiger partial charge in [0.1, 0.15) is 0 Å². The lowest BCUT2D eigenvalue weighted by molar-refractivity contribution is 0.112. The van der Waals surface area contributed by atoms with E-state index in [1.807, 2.05) is 36.4 Å². The highest BCUT2D eigenvalue weighted by molar-refractivity contribution is 7.23. The van der Waals surface area contributed by atoms with Crippen molar-refractivity contribution in [2.75, 3.05) is 18.1 Å². The number of hydrogen-bond donors (Lipinski definition) is 0. The third-order valence-corrected chi connectivity index (χ3v) is 8.42. The second-order valence-electron chi connectivity index (χ2n) is 9.88. The van der Waals surface area contributed by atoms with Crippen LogP contribution in [0.15, 0.2) is 133 Å². The summed E-state index contributed by atoms with van der Waals surface area (Å²) < 4.78 is 6.16. The van der Waals surface area contributed by atoms with E-state index in [0.717, 1.165) is 53.3 Å². The molecule has 0 unspecified atom stereocenters. The highest BCUT2D eigenvalue weighted by Gasteiger charge is 2.19. The summed E-state index contributed by atoms with van der Waals surface area (Å²) in [4.78, 5) is 15.3. The summed E-state index contributed by atoms with van der Waals surface area (Å²) in [5.74, 6) is 0. The number of thiophene rings is 1. The minimum absolute atomic E-state index is 0.707. The molecule has 0 spiro atoms. The van der Waals surface area contributed by atoms with E-state index in [2.05, 4.69) is 102 Å². The zero-order chi connectivity index (χ0) is 27.9. The molecule has 41 heavy (non-hydrogen) atoms. The number of rotatable bonds is 6. The molecule has 0 amide bonds. The van der Waals surface area contributed by atoms with E-state index in [-0.39, 0.29) is 0 Å². The predicted molar refractivity (Wildman–Crippen MR) is 173 cm³/mol. The van der Waals surface area contributed by atoms with Crippen LogP contribution in [0.5, 0.6) is 0 Å². The molecular formula is C37H31NO2S. The molecule has 2 heterocycles. The first-order chi connectivity index (χ1) is 20.3. The van der Waals surface area contributed by atoms with Gasteiger partial charge in [0, 0.05) is 56.4 Å². The number of nitrogens with zero attached hydrogens (tertiary/aromatic N) is 1. The van der Waals surface area contributed by atoms with E-state index < -0.39 is 0 Å². The average molecular weight is 554 g/mol. The van der Waals surface area contributed by atoms with E-state index in [4.69, 9.17) is 4.74 Å². The second kappa shape index (κ2) is 12.8. The summed E-state index contributed by atoms with van der Waals surface area (Å²) in [6.45, 7) is 2.00. The molecule has 0 bridgehead atoms. The molecule has 0 saturated carbocycles. The van der Waals surface area contributed by atoms with Gasteiger partial charge >= 0.3 is 0 Å². The topological polar surface area (TPSA) is 29.5 Å². The molecule has 1 aromatic heterocycles. The number of anilines is 3. The number of hydrogen-bond acceptors (Lipinski definition) is 4. The molecule has 0 radical (unpaired) electrons. The Morgan fingerprint density at radius 1 is 0.610 bits per heavy atom. The number of ether oxygens (including phenoxy) is 1. The first-order valence-corrected chi connectivity index (χ1v) is 14.8. The summed E-state index contributed by atoms with van der Waals surface area (Å²) in [7, 11) is 0. The zero-order valence-electron chi connectivity index (χ0n) is 22.8. The van der Waals surface area contributed by atoms with Crippen molar-refractivity contribution >= 4 is 44.8 Å². The van der Waals surface area contributed by atoms with Crippen LogP contribution in [0.2, 0.25) is 0 Å². The Hall–Kier alpha value is -4.51. The summed E-state index contributed by atoms with van der Waals surface area (Å²) in [5, 5.41) is 1.17. The van der Waals surface area contributed by atoms with E-state index in [9.17, 15) is 4.79 Å². The second-order valence-corrected chi connectivity index (χ2v) is 10.9. The van der Waals surface area contributed by atoms with Crippen molar-refractivity contribution in [3.05, 3.63) is 139 Å². The van der Waals surface area contributed by atoms with Crippen LogP contribution < -0.4 is 4.90 Å². The fourth-order valence-corrected chi connectivity index (χ4v) is 6.44. The average Bonchev–Trinajstić information content (AvgIpc) is 3.75. The molecule has 0 atom stereocenters. The van der Waals surface area contributed by atoms with Gasteiger partial charge in [0.2, 0.25) is 0 Å². The molecule has 7 rings (SSSR count). The van der Waals surface area contributed by atoms with Gasteiger partial charge in [-0.2, -0.15) is 0 Å². The number of fused-ring (bicyclic) bond motifs is 1. The number of carbonyl (C=O) groups excluding carboxylic acids is 1. The van der Waals surface area contributed by atoms with E-state index in [0.29, 0.717) is 5.56 Å². The van der Waals surface area contributed by atoms with Crippen molar-refractivity contribution in [1.29, 1.82) is 0 Å². The zero-order valence-corrected chi connectivity index (χ0v) is 23.6. The number of aldehydes is 1. The standard InChI is InChI=1S/C33H23NOS.C4H8O/c35-23-25-11-7-8-16-29(25)32-30-17-9-10-18-31(30)36-33(32)24-19-21-28(22-20-24)34(26-12-3-1-4-13-26)27-14-5-2-6-15-27;1-2-4-5-3-1/h1-23H;1-4H2. The Morgan fingerprint density at radius 3 is 1.78 bits per heavy atom. The summed E-state index contributed by atoms with van der Waals surface area (Å²) in [6.07, 6.45) is 3.51. The Kier molecular flexibility index (Phi) is 8.32. The summed E-state index contributed by atoms with van der Waals surface area (Å²) in [5.41, 5.74) is 7.24. The third-order valence-electron chi connectivity index (χ3n) is 7.20. The van der Waals surface area contributed by atoms with Gasteiger partial charge in [-0.3, -0.25) is 4.79 Å². The Labute approximate surface area is 245 Å².